The van der Waals surface area contributed by atoms with Gasteiger partial charge in [-0.1, -0.05) is 88.9 Å². The van der Waals surface area contributed by atoms with Crippen molar-refractivity contribution in [1.82, 2.24) is 0 Å². The van der Waals surface area contributed by atoms with Gasteiger partial charge in [0.25, 0.3) is 0 Å². The zero-order valence-electron chi connectivity index (χ0n) is 19.3. The Kier molecular flexibility index (Phi) is 9.05. The van der Waals surface area contributed by atoms with Crippen molar-refractivity contribution >= 4 is 5.57 Å². The Hall–Kier alpha value is -2.02. The minimum atomic E-state index is 0.821. The van der Waals surface area contributed by atoms with Gasteiger partial charge < -0.3 is 4.74 Å². The van der Waals surface area contributed by atoms with E-state index in [1.165, 1.54) is 73.6 Å². The molecule has 2 unspecified atom stereocenters. The molecule has 3 rings (SSSR count). The fourth-order valence-corrected chi connectivity index (χ4v) is 4.44. The summed E-state index contributed by atoms with van der Waals surface area (Å²) in [7, 11) is 0. The van der Waals surface area contributed by atoms with Gasteiger partial charge >= 0.3 is 0 Å². The van der Waals surface area contributed by atoms with Crippen LogP contribution < -0.4 is 4.74 Å². The molecular formula is C29H40O. The molecule has 0 fully saturated rings. The van der Waals surface area contributed by atoms with E-state index in [1.54, 1.807) is 0 Å². The number of hydrogen-bond donors (Lipinski definition) is 0. The largest absolute Gasteiger partial charge is 0.494 e. The van der Waals surface area contributed by atoms with Gasteiger partial charge in [-0.2, -0.15) is 0 Å². The molecule has 30 heavy (non-hydrogen) atoms. The van der Waals surface area contributed by atoms with Crippen LogP contribution in [-0.4, -0.2) is 6.61 Å². The summed E-state index contributed by atoms with van der Waals surface area (Å²) < 4.78 is 5.87. The van der Waals surface area contributed by atoms with Crippen LogP contribution in [-0.2, 0) is 0 Å². The smallest absolute Gasteiger partial charge is 0.119 e. The fraction of sp³-hybridized carbons (Fsp3) is 0.517. The van der Waals surface area contributed by atoms with Gasteiger partial charge in [-0.05, 0) is 78.3 Å². The zero-order valence-corrected chi connectivity index (χ0v) is 19.3. The van der Waals surface area contributed by atoms with Gasteiger partial charge in [0, 0.05) is 0 Å². The van der Waals surface area contributed by atoms with E-state index in [-0.39, 0.29) is 0 Å². The van der Waals surface area contributed by atoms with Crippen molar-refractivity contribution < 1.29 is 4.74 Å². The standard InChI is InChI=1S/C29H40O/c1-4-6-7-8-21-30-29-19-17-28(18-20-29)27-15-13-26(14-16-27)25-11-9-24(10-12-25)22-23(3)5-2/h11,13-20,23-24H,4-10,12,21-22H2,1-3H3. The second-order valence-electron chi connectivity index (χ2n) is 9.13. The van der Waals surface area contributed by atoms with Crippen LogP contribution in [0.1, 0.15) is 84.1 Å². The predicted octanol–water partition coefficient (Wildman–Crippen LogP) is 8.93. The quantitative estimate of drug-likeness (QED) is 0.340. The molecule has 1 nitrogen and oxygen atoms in total. The number of rotatable bonds is 11. The van der Waals surface area contributed by atoms with E-state index >= 15 is 0 Å². The van der Waals surface area contributed by atoms with Crippen LogP contribution in [0.2, 0.25) is 0 Å². The third kappa shape index (κ3) is 6.76. The van der Waals surface area contributed by atoms with Crippen molar-refractivity contribution in [2.24, 2.45) is 11.8 Å². The highest BCUT2D eigenvalue weighted by Crippen LogP contribution is 2.34. The van der Waals surface area contributed by atoms with Crippen molar-refractivity contribution in [2.75, 3.05) is 6.61 Å². The number of hydrogen-bond acceptors (Lipinski definition) is 1. The Bertz CT molecular complexity index is 769. The maximum Gasteiger partial charge on any atom is 0.119 e. The van der Waals surface area contributed by atoms with Crippen molar-refractivity contribution in [2.45, 2.75) is 78.6 Å². The van der Waals surface area contributed by atoms with Crippen LogP contribution in [0.5, 0.6) is 5.75 Å². The van der Waals surface area contributed by atoms with Crippen LogP contribution in [0, 0.1) is 11.8 Å². The first-order chi connectivity index (χ1) is 14.7. The van der Waals surface area contributed by atoms with Crippen LogP contribution in [0.25, 0.3) is 16.7 Å². The molecule has 2 aromatic rings. The molecule has 1 aliphatic carbocycles. The van der Waals surface area contributed by atoms with Crippen LogP contribution in [0.4, 0.5) is 0 Å². The lowest BCUT2D eigenvalue weighted by molar-refractivity contribution is 0.305. The first-order valence-corrected chi connectivity index (χ1v) is 12.2. The first-order valence-electron chi connectivity index (χ1n) is 12.2. The fourth-order valence-electron chi connectivity index (χ4n) is 4.44. The monoisotopic (exact) mass is 404 g/mol. The van der Waals surface area contributed by atoms with Gasteiger partial charge in [-0.25, -0.2) is 0 Å². The second-order valence-corrected chi connectivity index (χ2v) is 9.13. The van der Waals surface area contributed by atoms with E-state index in [9.17, 15) is 0 Å². The lowest BCUT2D eigenvalue weighted by Gasteiger charge is -2.24. The van der Waals surface area contributed by atoms with Gasteiger partial charge in [-0.15, -0.1) is 0 Å². The second kappa shape index (κ2) is 12.0. The predicted molar refractivity (Wildman–Crippen MR) is 131 cm³/mol. The molecule has 0 bridgehead atoms. The molecule has 1 heteroatoms. The van der Waals surface area contributed by atoms with Crippen molar-refractivity contribution in [3.63, 3.8) is 0 Å². The van der Waals surface area contributed by atoms with E-state index in [2.05, 4.69) is 75.4 Å². The van der Waals surface area contributed by atoms with E-state index < -0.39 is 0 Å². The van der Waals surface area contributed by atoms with Gasteiger partial charge in [0.15, 0.2) is 0 Å². The Morgan fingerprint density at radius 1 is 0.867 bits per heavy atom. The SMILES string of the molecule is CCCCCCOc1ccc(-c2ccc(C3=CCC(CC(C)CC)CC3)cc2)cc1. The summed E-state index contributed by atoms with van der Waals surface area (Å²) in [5, 5.41) is 0. The Balaban J connectivity index is 1.53. The highest BCUT2D eigenvalue weighted by atomic mass is 16.5. The minimum absolute atomic E-state index is 0.821. The van der Waals surface area contributed by atoms with Crippen LogP contribution >= 0.6 is 0 Å². The van der Waals surface area contributed by atoms with Crippen molar-refractivity contribution in [1.29, 1.82) is 0 Å². The summed E-state index contributed by atoms with van der Waals surface area (Å²) in [5.74, 6) is 2.73. The van der Waals surface area contributed by atoms with Crippen LogP contribution in [0.3, 0.4) is 0 Å². The van der Waals surface area contributed by atoms with Gasteiger partial charge in [0.05, 0.1) is 6.61 Å². The summed E-state index contributed by atoms with van der Waals surface area (Å²) in [6.07, 6.45) is 14.0. The van der Waals surface area contributed by atoms with E-state index in [4.69, 9.17) is 4.74 Å². The summed E-state index contributed by atoms with van der Waals surface area (Å²) in [6, 6.07) is 17.7. The molecule has 0 N–H and O–H groups in total. The van der Waals surface area contributed by atoms with Gasteiger partial charge in [0.2, 0.25) is 0 Å². The summed E-state index contributed by atoms with van der Waals surface area (Å²) >= 11 is 0. The molecule has 0 saturated heterocycles. The summed E-state index contributed by atoms with van der Waals surface area (Å²) in [5.41, 5.74) is 5.46. The maximum absolute atomic E-state index is 5.87. The molecule has 0 heterocycles. The Morgan fingerprint density at radius 2 is 1.53 bits per heavy atom. The topological polar surface area (TPSA) is 9.23 Å². The van der Waals surface area contributed by atoms with E-state index in [0.717, 1.165) is 30.6 Å². The molecule has 1 aliphatic rings. The maximum atomic E-state index is 5.87. The van der Waals surface area contributed by atoms with E-state index in [0.29, 0.717) is 0 Å². The number of unbranched alkanes of at least 4 members (excludes halogenated alkanes) is 3. The molecule has 0 aliphatic heterocycles. The Labute approximate surface area is 184 Å². The average molecular weight is 405 g/mol. The summed E-state index contributed by atoms with van der Waals surface area (Å²) in [6.45, 7) is 7.76. The molecule has 0 saturated carbocycles. The highest BCUT2D eigenvalue weighted by molar-refractivity contribution is 5.71. The minimum Gasteiger partial charge on any atom is -0.494 e. The molecule has 162 valence electrons. The normalized spacial score (nSPS) is 17.4. The third-order valence-electron chi connectivity index (χ3n) is 6.66. The number of ether oxygens (including phenoxy) is 1. The number of benzene rings is 2. The van der Waals surface area contributed by atoms with Crippen LogP contribution in [0.15, 0.2) is 54.6 Å². The molecule has 0 radical (unpaired) electrons. The van der Waals surface area contributed by atoms with Crippen molar-refractivity contribution in [3.05, 3.63) is 60.2 Å². The van der Waals surface area contributed by atoms with Gasteiger partial charge in [-0.3, -0.25) is 0 Å². The zero-order chi connectivity index (χ0) is 21.2. The number of allylic oxidation sites excluding steroid dienone is 2. The lowest BCUT2D eigenvalue weighted by Crippen LogP contribution is -2.09. The molecule has 0 spiro atoms. The molecule has 0 amide bonds. The molecule has 2 atom stereocenters. The first kappa shape index (κ1) is 22.7. The molecule has 2 aromatic carbocycles. The van der Waals surface area contributed by atoms with Gasteiger partial charge in [0.1, 0.15) is 5.75 Å². The Morgan fingerprint density at radius 3 is 2.13 bits per heavy atom. The molecular weight excluding hydrogens is 364 g/mol. The third-order valence-corrected chi connectivity index (χ3v) is 6.66. The van der Waals surface area contributed by atoms with Crippen molar-refractivity contribution in [3.8, 4) is 16.9 Å². The molecule has 0 aromatic heterocycles. The van der Waals surface area contributed by atoms with E-state index in [1.807, 2.05) is 0 Å². The average Bonchev–Trinajstić information content (AvgIpc) is 2.80. The summed E-state index contributed by atoms with van der Waals surface area (Å²) in [4.78, 5) is 0. The lowest BCUT2D eigenvalue weighted by atomic mass is 9.81. The highest BCUT2D eigenvalue weighted by Gasteiger charge is 2.17.